The van der Waals surface area contributed by atoms with Crippen molar-refractivity contribution < 1.29 is 5.21 Å². The van der Waals surface area contributed by atoms with Crippen LogP contribution in [0.4, 0.5) is 0 Å². The van der Waals surface area contributed by atoms with Gasteiger partial charge in [0.25, 0.3) is 0 Å². The first kappa shape index (κ1) is 12.3. The summed E-state index contributed by atoms with van der Waals surface area (Å²) in [6.45, 7) is 5.21. The lowest BCUT2D eigenvalue weighted by atomic mass is 9.82. The Labute approximate surface area is 91.9 Å². The Balaban J connectivity index is 2.24. The van der Waals surface area contributed by atoms with Gasteiger partial charge in [0.2, 0.25) is 0 Å². The molecule has 4 nitrogen and oxygen atoms in total. The summed E-state index contributed by atoms with van der Waals surface area (Å²) < 4.78 is 0. The van der Waals surface area contributed by atoms with E-state index in [-0.39, 0.29) is 11.9 Å². The highest BCUT2D eigenvalue weighted by atomic mass is 16.4. The summed E-state index contributed by atoms with van der Waals surface area (Å²) in [7, 11) is 0. The molecule has 4 heteroatoms. The van der Waals surface area contributed by atoms with Gasteiger partial charge in [-0.1, -0.05) is 24.9 Å². The molecule has 3 unspecified atom stereocenters. The number of nitrogens with one attached hydrogen (secondary N) is 1. The fourth-order valence-electron chi connectivity index (χ4n) is 2.28. The van der Waals surface area contributed by atoms with E-state index in [4.69, 9.17) is 10.9 Å². The molecule has 3 atom stereocenters. The van der Waals surface area contributed by atoms with E-state index in [1.165, 1.54) is 25.7 Å². The normalized spacial score (nSPS) is 30.1. The van der Waals surface area contributed by atoms with Crippen LogP contribution in [0.3, 0.4) is 0 Å². The predicted octanol–water partition coefficient (Wildman–Crippen LogP) is 1.54. The van der Waals surface area contributed by atoms with Gasteiger partial charge in [-0.2, -0.15) is 0 Å². The van der Waals surface area contributed by atoms with E-state index >= 15 is 0 Å². The molecule has 0 bridgehead atoms. The lowest BCUT2D eigenvalue weighted by Crippen LogP contribution is -2.41. The number of rotatable bonds is 4. The van der Waals surface area contributed by atoms with Gasteiger partial charge in [-0.3, -0.25) is 0 Å². The molecule has 15 heavy (non-hydrogen) atoms. The van der Waals surface area contributed by atoms with Crippen LogP contribution in [0.2, 0.25) is 0 Å². The zero-order valence-electron chi connectivity index (χ0n) is 9.74. The minimum absolute atomic E-state index is 0.0350. The zero-order chi connectivity index (χ0) is 11.3. The predicted molar refractivity (Wildman–Crippen MR) is 62.0 cm³/mol. The van der Waals surface area contributed by atoms with Crippen molar-refractivity contribution in [2.24, 2.45) is 22.7 Å². The van der Waals surface area contributed by atoms with Gasteiger partial charge in [0.15, 0.2) is 5.84 Å². The van der Waals surface area contributed by atoms with Crippen LogP contribution >= 0.6 is 0 Å². The SMILES string of the molecule is CC1CCCC(CNC(C)C(N)=NO)C1. The number of nitrogens with zero attached hydrogens (tertiary/aromatic N) is 1. The van der Waals surface area contributed by atoms with Crippen LogP contribution in [-0.2, 0) is 0 Å². The van der Waals surface area contributed by atoms with Crippen molar-refractivity contribution >= 4 is 5.84 Å². The summed E-state index contributed by atoms with van der Waals surface area (Å²) in [5.74, 6) is 1.87. The van der Waals surface area contributed by atoms with Gasteiger partial charge in [-0.05, 0) is 38.1 Å². The van der Waals surface area contributed by atoms with Gasteiger partial charge in [0, 0.05) is 0 Å². The summed E-state index contributed by atoms with van der Waals surface area (Å²) in [4.78, 5) is 0. The second-order valence-electron chi connectivity index (χ2n) is 4.79. The molecular weight excluding hydrogens is 190 g/mol. The maximum absolute atomic E-state index is 8.51. The Morgan fingerprint density at radius 3 is 2.93 bits per heavy atom. The number of amidine groups is 1. The molecule has 0 aliphatic heterocycles. The first-order valence-electron chi connectivity index (χ1n) is 5.84. The molecule has 0 spiro atoms. The number of nitrogens with two attached hydrogens (primary N) is 1. The molecule has 1 aliphatic rings. The fraction of sp³-hybridized carbons (Fsp3) is 0.909. The smallest absolute Gasteiger partial charge is 0.156 e. The summed E-state index contributed by atoms with van der Waals surface area (Å²) in [5, 5.41) is 14.8. The number of hydrogen-bond donors (Lipinski definition) is 3. The van der Waals surface area contributed by atoms with Crippen LogP contribution in [0.5, 0.6) is 0 Å². The van der Waals surface area contributed by atoms with Crippen molar-refractivity contribution in [3.8, 4) is 0 Å². The molecule has 1 aliphatic carbocycles. The lowest BCUT2D eigenvalue weighted by Gasteiger charge is -2.27. The third-order valence-corrected chi connectivity index (χ3v) is 3.32. The second-order valence-corrected chi connectivity index (χ2v) is 4.79. The van der Waals surface area contributed by atoms with Crippen molar-refractivity contribution in [3.63, 3.8) is 0 Å². The van der Waals surface area contributed by atoms with E-state index < -0.39 is 0 Å². The Kier molecular flexibility index (Phi) is 4.88. The third kappa shape index (κ3) is 4.08. The van der Waals surface area contributed by atoms with Crippen LogP contribution in [0.25, 0.3) is 0 Å². The molecule has 0 radical (unpaired) electrons. The van der Waals surface area contributed by atoms with Crippen LogP contribution in [0, 0.1) is 11.8 Å². The maximum atomic E-state index is 8.51. The molecule has 88 valence electrons. The first-order chi connectivity index (χ1) is 7.13. The Hall–Kier alpha value is -0.770. The Bertz CT molecular complexity index is 218. The minimum atomic E-state index is -0.0350. The Morgan fingerprint density at radius 2 is 2.33 bits per heavy atom. The highest BCUT2D eigenvalue weighted by molar-refractivity contribution is 5.84. The molecule has 0 saturated heterocycles. The molecule has 0 aromatic carbocycles. The molecule has 0 amide bonds. The lowest BCUT2D eigenvalue weighted by molar-refractivity contribution is 0.271. The van der Waals surface area contributed by atoms with Crippen LogP contribution in [0.1, 0.15) is 39.5 Å². The third-order valence-electron chi connectivity index (χ3n) is 3.32. The van der Waals surface area contributed by atoms with Crippen molar-refractivity contribution in [1.82, 2.24) is 5.32 Å². The summed E-state index contributed by atoms with van der Waals surface area (Å²) in [6, 6.07) is -0.0350. The standard InChI is InChI=1S/C11H23N3O/c1-8-4-3-5-10(6-8)7-13-9(2)11(12)14-15/h8-10,13,15H,3-7H2,1-2H3,(H2,12,14). The zero-order valence-corrected chi connectivity index (χ0v) is 9.74. The topological polar surface area (TPSA) is 70.6 Å². The molecule has 0 aromatic rings. The van der Waals surface area contributed by atoms with Gasteiger partial charge >= 0.3 is 0 Å². The van der Waals surface area contributed by atoms with Gasteiger partial charge in [0.05, 0.1) is 6.04 Å². The van der Waals surface area contributed by atoms with E-state index in [1.54, 1.807) is 0 Å². The number of hydrogen-bond acceptors (Lipinski definition) is 3. The average Bonchev–Trinajstić information content (AvgIpc) is 2.25. The molecule has 0 aromatic heterocycles. The molecule has 1 rings (SSSR count). The number of oxime groups is 1. The average molecular weight is 213 g/mol. The van der Waals surface area contributed by atoms with E-state index in [0.29, 0.717) is 0 Å². The molecule has 4 N–H and O–H groups in total. The second kappa shape index (κ2) is 5.95. The van der Waals surface area contributed by atoms with Gasteiger partial charge < -0.3 is 16.3 Å². The largest absolute Gasteiger partial charge is 0.409 e. The highest BCUT2D eigenvalue weighted by Crippen LogP contribution is 2.27. The van der Waals surface area contributed by atoms with Gasteiger partial charge in [0.1, 0.15) is 0 Å². The summed E-state index contributed by atoms with van der Waals surface area (Å²) in [6.07, 6.45) is 5.31. The molecule has 0 heterocycles. The van der Waals surface area contributed by atoms with Crippen LogP contribution < -0.4 is 11.1 Å². The summed E-state index contributed by atoms with van der Waals surface area (Å²) >= 11 is 0. The molecular formula is C11H23N3O. The first-order valence-corrected chi connectivity index (χ1v) is 5.84. The van der Waals surface area contributed by atoms with E-state index in [9.17, 15) is 0 Å². The fourth-order valence-corrected chi connectivity index (χ4v) is 2.28. The molecule has 1 fully saturated rings. The van der Waals surface area contributed by atoms with Crippen LogP contribution in [0.15, 0.2) is 5.16 Å². The summed E-state index contributed by atoms with van der Waals surface area (Å²) in [5.41, 5.74) is 5.50. The van der Waals surface area contributed by atoms with E-state index in [0.717, 1.165) is 18.4 Å². The highest BCUT2D eigenvalue weighted by Gasteiger charge is 2.19. The van der Waals surface area contributed by atoms with E-state index in [2.05, 4.69) is 17.4 Å². The van der Waals surface area contributed by atoms with Crippen molar-refractivity contribution in [2.75, 3.05) is 6.54 Å². The maximum Gasteiger partial charge on any atom is 0.156 e. The molecule has 1 saturated carbocycles. The minimum Gasteiger partial charge on any atom is -0.409 e. The monoisotopic (exact) mass is 213 g/mol. The van der Waals surface area contributed by atoms with Crippen molar-refractivity contribution in [1.29, 1.82) is 0 Å². The Morgan fingerprint density at radius 1 is 1.60 bits per heavy atom. The quantitative estimate of drug-likeness (QED) is 0.287. The van der Waals surface area contributed by atoms with Crippen molar-refractivity contribution in [2.45, 2.75) is 45.6 Å². The van der Waals surface area contributed by atoms with Crippen molar-refractivity contribution in [3.05, 3.63) is 0 Å². The van der Waals surface area contributed by atoms with Crippen LogP contribution in [-0.4, -0.2) is 23.6 Å². The van der Waals surface area contributed by atoms with E-state index in [1.807, 2.05) is 6.92 Å². The van der Waals surface area contributed by atoms with Gasteiger partial charge in [-0.15, -0.1) is 0 Å². The van der Waals surface area contributed by atoms with Gasteiger partial charge in [-0.25, -0.2) is 0 Å².